The quantitative estimate of drug-likeness (QED) is 0.612. The molecule has 0 aliphatic carbocycles. The first-order chi connectivity index (χ1) is 11.3. The lowest BCUT2D eigenvalue weighted by atomic mass is 10.2. The molecule has 4 heteroatoms. The molecule has 0 atom stereocenters. The summed E-state index contributed by atoms with van der Waals surface area (Å²) in [7, 11) is 0. The van der Waals surface area contributed by atoms with Crippen LogP contribution in [0.5, 0.6) is 5.75 Å². The molecule has 0 bridgehead atoms. The summed E-state index contributed by atoms with van der Waals surface area (Å²) in [6, 6.07) is 16.4. The van der Waals surface area contributed by atoms with E-state index in [-0.39, 0.29) is 0 Å². The second-order valence-electron chi connectivity index (χ2n) is 5.41. The maximum atomic E-state index is 6.00. The molecule has 0 spiro atoms. The lowest BCUT2D eigenvalue weighted by Gasteiger charge is -2.13. The van der Waals surface area contributed by atoms with Gasteiger partial charge in [0.25, 0.3) is 0 Å². The number of ether oxygens (including phenoxy) is 1. The fourth-order valence-electron chi connectivity index (χ4n) is 2.30. The number of benzene rings is 2. The van der Waals surface area contributed by atoms with Crippen molar-refractivity contribution in [2.75, 3.05) is 19.6 Å². The average Bonchev–Trinajstić information content (AvgIpc) is 2.58. The first kappa shape index (κ1) is 18.0. The highest BCUT2D eigenvalue weighted by atomic mass is 79.9. The molecule has 0 saturated heterocycles. The van der Waals surface area contributed by atoms with Crippen molar-refractivity contribution in [2.45, 2.75) is 26.5 Å². The molecule has 0 amide bonds. The number of halogens is 1. The fraction of sp³-hybridized carbons (Fsp3) is 0.368. The van der Waals surface area contributed by atoms with E-state index >= 15 is 0 Å². The summed E-state index contributed by atoms with van der Waals surface area (Å²) in [5.74, 6) is 0.941. The van der Waals surface area contributed by atoms with Crippen LogP contribution < -0.4 is 15.4 Å². The maximum Gasteiger partial charge on any atom is 0.124 e. The van der Waals surface area contributed by atoms with Crippen LogP contribution in [0, 0.1) is 0 Å². The number of hydrogen-bond donors (Lipinski definition) is 2. The Balaban J connectivity index is 1.86. The Kier molecular flexibility index (Phi) is 8.15. The Bertz CT molecular complexity index is 575. The normalized spacial score (nSPS) is 10.7. The molecule has 23 heavy (non-hydrogen) atoms. The Morgan fingerprint density at radius 2 is 1.78 bits per heavy atom. The molecule has 2 aromatic carbocycles. The summed E-state index contributed by atoms with van der Waals surface area (Å²) < 4.78 is 7.08. The van der Waals surface area contributed by atoms with E-state index in [1.54, 1.807) is 0 Å². The Morgan fingerprint density at radius 1 is 1.00 bits per heavy atom. The number of nitrogens with one attached hydrogen (secondary N) is 2. The fourth-order valence-corrected chi connectivity index (χ4v) is 2.71. The third-order valence-corrected chi connectivity index (χ3v) is 4.03. The van der Waals surface area contributed by atoms with Gasteiger partial charge in [-0.25, -0.2) is 0 Å². The second kappa shape index (κ2) is 10.4. The smallest absolute Gasteiger partial charge is 0.124 e. The first-order valence-electron chi connectivity index (χ1n) is 8.16. The van der Waals surface area contributed by atoms with Gasteiger partial charge < -0.3 is 15.4 Å². The predicted octanol–water partition coefficient (Wildman–Crippen LogP) is 4.12. The van der Waals surface area contributed by atoms with E-state index in [0.717, 1.165) is 42.8 Å². The van der Waals surface area contributed by atoms with Crippen molar-refractivity contribution in [3.8, 4) is 5.75 Å². The van der Waals surface area contributed by atoms with Crippen molar-refractivity contribution in [1.82, 2.24) is 10.6 Å². The van der Waals surface area contributed by atoms with E-state index in [2.05, 4.69) is 51.7 Å². The Morgan fingerprint density at radius 3 is 2.57 bits per heavy atom. The van der Waals surface area contributed by atoms with Crippen molar-refractivity contribution >= 4 is 15.9 Å². The summed E-state index contributed by atoms with van der Waals surface area (Å²) in [5.41, 5.74) is 2.36. The van der Waals surface area contributed by atoms with Gasteiger partial charge in [-0.15, -0.1) is 0 Å². The van der Waals surface area contributed by atoms with Crippen LogP contribution in [0.25, 0.3) is 0 Å². The minimum atomic E-state index is 0.593. The summed E-state index contributed by atoms with van der Waals surface area (Å²) in [6.45, 7) is 6.62. The molecule has 0 fully saturated rings. The summed E-state index contributed by atoms with van der Waals surface area (Å²) >= 11 is 3.54. The van der Waals surface area contributed by atoms with Gasteiger partial charge in [-0.2, -0.15) is 0 Å². The third kappa shape index (κ3) is 6.73. The molecule has 0 unspecified atom stereocenters. The van der Waals surface area contributed by atoms with Gasteiger partial charge in [-0.1, -0.05) is 53.2 Å². The molecular formula is C19H25BrN2O. The first-order valence-corrected chi connectivity index (χ1v) is 8.95. The molecule has 2 aromatic rings. The zero-order valence-electron chi connectivity index (χ0n) is 13.6. The summed E-state index contributed by atoms with van der Waals surface area (Å²) in [4.78, 5) is 0. The Hall–Kier alpha value is -1.36. The average molecular weight is 377 g/mol. The van der Waals surface area contributed by atoms with Gasteiger partial charge in [0.1, 0.15) is 12.4 Å². The van der Waals surface area contributed by atoms with Crippen LogP contribution in [0.15, 0.2) is 53.0 Å². The molecule has 0 aromatic heterocycles. The molecule has 2 N–H and O–H groups in total. The molecule has 0 aliphatic rings. The van der Waals surface area contributed by atoms with E-state index in [1.165, 1.54) is 11.1 Å². The standard InChI is InChI=1S/C19H25BrN2O/c1-2-21-11-6-12-22-14-17-13-18(20)9-10-19(17)23-15-16-7-4-3-5-8-16/h3-5,7-10,13,21-22H,2,6,11-12,14-15H2,1H3. The topological polar surface area (TPSA) is 33.3 Å². The molecule has 3 nitrogen and oxygen atoms in total. The van der Waals surface area contributed by atoms with Gasteiger partial charge in [-0.05, 0) is 49.8 Å². The van der Waals surface area contributed by atoms with Crippen LogP contribution >= 0.6 is 15.9 Å². The van der Waals surface area contributed by atoms with E-state index in [4.69, 9.17) is 4.74 Å². The SMILES string of the molecule is CCNCCCNCc1cc(Br)ccc1OCc1ccccc1. The van der Waals surface area contributed by atoms with E-state index < -0.39 is 0 Å². The minimum Gasteiger partial charge on any atom is -0.489 e. The Labute approximate surface area is 147 Å². The van der Waals surface area contributed by atoms with Crippen molar-refractivity contribution in [3.05, 3.63) is 64.1 Å². The predicted molar refractivity (Wildman–Crippen MR) is 99.8 cm³/mol. The van der Waals surface area contributed by atoms with Crippen molar-refractivity contribution in [2.24, 2.45) is 0 Å². The van der Waals surface area contributed by atoms with Crippen LogP contribution in [0.3, 0.4) is 0 Å². The highest BCUT2D eigenvalue weighted by Gasteiger charge is 2.05. The van der Waals surface area contributed by atoms with Crippen LogP contribution in [0.4, 0.5) is 0 Å². The van der Waals surface area contributed by atoms with Gasteiger partial charge >= 0.3 is 0 Å². The maximum absolute atomic E-state index is 6.00. The van der Waals surface area contributed by atoms with Gasteiger partial charge in [0.15, 0.2) is 0 Å². The van der Waals surface area contributed by atoms with Crippen LogP contribution in [0.1, 0.15) is 24.5 Å². The second-order valence-corrected chi connectivity index (χ2v) is 6.33. The molecular weight excluding hydrogens is 352 g/mol. The summed E-state index contributed by atoms with van der Waals surface area (Å²) in [6.07, 6.45) is 1.13. The number of rotatable bonds is 10. The largest absolute Gasteiger partial charge is 0.489 e. The highest BCUT2D eigenvalue weighted by molar-refractivity contribution is 9.10. The molecule has 2 rings (SSSR count). The van der Waals surface area contributed by atoms with E-state index in [1.807, 2.05) is 30.3 Å². The van der Waals surface area contributed by atoms with Gasteiger partial charge in [0.2, 0.25) is 0 Å². The lowest BCUT2D eigenvalue weighted by Crippen LogP contribution is -2.21. The van der Waals surface area contributed by atoms with Crippen LogP contribution in [-0.2, 0) is 13.2 Å². The zero-order valence-corrected chi connectivity index (χ0v) is 15.2. The zero-order chi connectivity index (χ0) is 16.3. The molecule has 0 saturated carbocycles. The monoisotopic (exact) mass is 376 g/mol. The van der Waals surface area contributed by atoms with E-state index in [9.17, 15) is 0 Å². The van der Waals surface area contributed by atoms with Crippen LogP contribution in [-0.4, -0.2) is 19.6 Å². The van der Waals surface area contributed by atoms with Crippen molar-refractivity contribution < 1.29 is 4.74 Å². The molecule has 0 heterocycles. The highest BCUT2D eigenvalue weighted by Crippen LogP contribution is 2.24. The lowest BCUT2D eigenvalue weighted by molar-refractivity contribution is 0.302. The van der Waals surface area contributed by atoms with E-state index in [0.29, 0.717) is 6.61 Å². The van der Waals surface area contributed by atoms with Crippen molar-refractivity contribution in [1.29, 1.82) is 0 Å². The van der Waals surface area contributed by atoms with Crippen LogP contribution in [0.2, 0.25) is 0 Å². The molecule has 124 valence electrons. The van der Waals surface area contributed by atoms with Gasteiger partial charge in [0.05, 0.1) is 0 Å². The van der Waals surface area contributed by atoms with Gasteiger partial charge in [0, 0.05) is 16.6 Å². The molecule has 0 aliphatic heterocycles. The molecule has 0 radical (unpaired) electrons. The van der Waals surface area contributed by atoms with Crippen molar-refractivity contribution in [3.63, 3.8) is 0 Å². The third-order valence-electron chi connectivity index (χ3n) is 3.53. The number of hydrogen-bond acceptors (Lipinski definition) is 3. The van der Waals surface area contributed by atoms with Gasteiger partial charge in [-0.3, -0.25) is 0 Å². The summed E-state index contributed by atoms with van der Waals surface area (Å²) in [5, 5.41) is 6.82. The minimum absolute atomic E-state index is 0.593.